The third-order valence-electron chi connectivity index (χ3n) is 5.11. The molecule has 0 unspecified atom stereocenters. The topological polar surface area (TPSA) is 78.9 Å². The van der Waals surface area contributed by atoms with Crippen LogP contribution in [0.4, 0.5) is 0 Å². The van der Waals surface area contributed by atoms with Crippen molar-refractivity contribution >= 4 is 17.9 Å². The minimum absolute atomic E-state index is 0.0721. The number of hydrogen-bond acceptors (Lipinski definition) is 6. The van der Waals surface area contributed by atoms with Crippen LogP contribution in [0.25, 0.3) is 0 Å². The zero-order chi connectivity index (χ0) is 23.2. The highest BCUT2D eigenvalue weighted by atomic mass is 16.6. The summed E-state index contributed by atoms with van der Waals surface area (Å²) in [6.07, 6.45) is 13.5. The van der Waals surface area contributed by atoms with Crippen molar-refractivity contribution in [3.63, 3.8) is 0 Å². The first-order valence-electron chi connectivity index (χ1n) is 12.5. The first-order chi connectivity index (χ1) is 15.0. The SMILES string of the molecule is CCCCCCCC(=O)OC(COC(=O)CCCCCC)COC(=O)CCCCCC. The number of hydrogen-bond donors (Lipinski definition) is 0. The molecule has 0 aliphatic heterocycles. The van der Waals surface area contributed by atoms with E-state index in [0.29, 0.717) is 19.3 Å². The molecule has 0 rings (SSSR count). The van der Waals surface area contributed by atoms with Crippen molar-refractivity contribution in [2.24, 2.45) is 0 Å². The van der Waals surface area contributed by atoms with E-state index in [-0.39, 0.29) is 31.1 Å². The van der Waals surface area contributed by atoms with E-state index in [1.54, 1.807) is 0 Å². The van der Waals surface area contributed by atoms with Crippen LogP contribution in [-0.4, -0.2) is 37.2 Å². The van der Waals surface area contributed by atoms with E-state index in [1.165, 1.54) is 6.42 Å². The summed E-state index contributed by atoms with van der Waals surface area (Å²) in [5, 5.41) is 0. The molecule has 0 saturated heterocycles. The maximum Gasteiger partial charge on any atom is 0.306 e. The van der Waals surface area contributed by atoms with Gasteiger partial charge in [-0.25, -0.2) is 0 Å². The Morgan fingerprint density at radius 3 is 1.29 bits per heavy atom. The molecule has 0 atom stereocenters. The highest BCUT2D eigenvalue weighted by Crippen LogP contribution is 2.09. The summed E-state index contributed by atoms with van der Waals surface area (Å²) < 4.78 is 16.0. The van der Waals surface area contributed by atoms with Gasteiger partial charge in [0.15, 0.2) is 6.10 Å². The molecular formula is C25H46O6. The summed E-state index contributed by atoms with van der Waals surface area (Å²) in [4.78, 5) is 36.0. The van der Waals surface area contributed by atoms with Gasteiger partial charge in [0.25, 0.3) is 0 Å². The van der Waals surface area contributed by atoms with Crippen molar-refractivity contribution in [3.8, 4) is 0 Å². The third-order valence-corrected chi connectivity index (χ3v) is 5.11. The van der Waals surface area contributed by atoms with Gasteiger partial charge in [0.1, 0.15) is 13.2 Å². The number of rotatable bonds is 21. The van der Waals surface area contributed by atoms with E-state index in [4.69, 9.17) is 14.2 Å². The zero-order valence-corrected chi connectivity index (χ0v) is 20.3. The fraction of sp³-hybridized carbons (Fsp3) is 0.880. The average molecular weight is 443 g/mol. The van der Waals surface area contributed by atoms with Crippen LogP contribution in [0.5, 0.6) is 0 Å². The Balaban J connectivity index is 4.37. The molecule has 182 valence electrons. The smallest absolute Gasteiger partial charge is 0.306 e. The largest absolute Gasteiger partial charge is 0.462 e. The Morgan fingerprint density at radius 2 is 0.871 bits per heavy atom. The highest BCUT2D eigenvalue weighted by Gasteiger charge is 2.19. The molecule has 0 aromatic rings. The van der Waals surface area contributed by atoms with Gasteiger partial charge in [0.05, 0.1) is 0 Å². The summed E-state index contributed by atoms with van der Waals surface area (Å²) in [5.41, 5.74) is 0. The fourth-order valence-electron chi connectivity index (χ4n) is 3.14. The Morgan fingerprint density at radius 1 is 0.516 bits per heavy atom. The van der Waals surface area contributed by atoms with E-state index in [2.05, 4.69) is 20.8 Å². The minimum atomic E-state index is -0.748. The minimum Gasteiger partial charge on any atom is -0.462 e. The van der Waals surface area contributed by atoms with Gasteiger partial charge in [0.2, 0.25) is 0 Å². The second kappa shape index (κ2) is 21.6. The predicted octanol–water partition coefficient (Wildman–Crippen LogP) is 6.29. The van der Waals surface area contributed by atoms with Crippen molar-refractivity contribution in [2.45, 2.75) is 130 Å². The number of unbranched alkanes of at least 4 members (excludes halogenated alkanes) is 10. The Hall–Kier alpha value is -1.59. The summed E-state index contributed by atoms with van der Waals surface area (Å²) in [6, 6.07) is 0. The van der Waals surface area contributed by atoms with Gasteiger partial charge in [0, 0.05) is 19.3 Å². The normalized spacial score (nSPS) is 10.8. The standard InChI is InChI=1S/C25H46O6/c1-4-7-10-13-16-19-25(28)31-22(20-29-23(26)17-14-11-8-5-2)21-30-24(27)18-15-12-9-6-3/h22H,4-21H2,1-3H3. The molecule has 0 aliphatic carbocycles. The van der Waals surface area contributed by atoms with Crippen molar-refractivity contribution in [2.75, 3.05) is 13.2 Å². The lowest BCUT2D eigenvalue weighted by Crippen LogP contribution is -2.30. The van der Waals surface area contributed by atoms with Gasteiger partial charge in [-0.2, -0.15) is 0 Å². The molecule has 0 aromatic carbocycles. The molecule has 0 radical (unpaired) electrons. The quantitative estimate of drug-likeness (QED) is 0.118. The Kier molecular flexibility index (Phi) is 20.5. The van der Waals surface area contributed by atoms with Gasteiger partial charge in [-0.3, -0.25) is 14.4 Å². The summed E-state index contributed by atoms with van der Waals surface area (Å²) in [5.74, 6) is -0.940. The average Bonchev–Trinajstić information content (AvgIpc) is 2.76. The predicted molar refractivity (Wildman–Crippen MR) is 123 cm³/mol. The van der Waals surface area contributed by atoms with Gasteiger partial charge in [-0.05, 0) is 19.3 Å². The Labute approximate surface area is 189 Å². The van der Waals surface area contributed by atoms with Crippen LogP contribution in [0, 0.1) is 0 Å². The van der Waals surface area contributed by atoms with Gasteiger partial charge in [-0.15, -0.1) is 0 Å². The van der Waals surface area contributed by atoms with E-state index in [1.807, 2.05) is 0 Å². The maximum absolute atomic E-state index is 12.2. The molecule has 6 heteroatoms. The second-order valence-electron chi connectivity index (χ2n) is 8.26. The molecule has 0 bridgehead atoms. The van der Waals surface area contributed by atoms with Gasteiger partial charge < -0.3 is 14.2 Å². The molecular weight excluding hydrogens is 396 g/mol. The van der Waals surface area contributed by atoms with E-state index < -0.39 is 6.10 Å². The van der Waals surface area contributed by atoms with Crippen molar-refractivity contribution in [1.29, 1.82) is 0 Å². The lowest BCUT2D eigenvalue weighted by Gasteiger charge is -2.18. The van der Waals surface area contributed by atoms with Crippen LogP contribution < -0.4 is 0 Å². The third kappa shape index (κ3) is 20.1. The van der Waals surface area contributed by atoms with Gasteiger partial charge in [-0.1, -0.05) is 85.0 Å². The zero-order valence-electron chi connectivity index (χ0n) is 20.3. The van der Waals surface area contributed by atoms with Crippen LogP contribution in [-0.2, 0) is 28.6 Å². The monoisotopic (exact) mass is 442 g/mol. The van der Waals surface area contributed by atoms with Crippen molar-refractivity contribution in [1.82, 2.24) is 0 Å². The lowest BCUT2D eigenvalue weighted by atomic mass is 10.1. The molecule has 6 nitrogen and oxygen atoms in total. The summed E-state index contributed by atoms with van der Waals surface area (Å²) >= 11 is 0. The van der Waals surface area contributed by atoms with Crippen LogP contribution in [0.15, 0.2) is 0 Å². The molecule has 0 heterocycles. The van der Waals surface area contributed by atoms with Crippen molar-refractivity contribution in [3.05, 3.63) is 0 Å². The molecule has 0 amide bonds. The molecule has 31 heavy (non-hydrogen) atoms. The maximum atomic E-state index is 12.2. The lowest BCUT2D eigenvalue weighted by molar-refractivity contribution is -0.167. The summed E-state index contributed by atoms with van der Waals surface area (Å²) in [6.45, 7) is 6.24. The van der Waals surface area contributed by atoms with Crippen LogP contribution in [0.3, 0.4) is 0 Å². The van der Waals surface area contributed by atoms with Crippen molar-refractivity contribution < 1.29 is 28.6 Å². The fourth-order valence-corrected chi connectivity index (χ4v) is 3.14. The van der Waals surface area contributed by atoms with Crippen LogP contribution in [0.2, 0.25) is 0 Å². The molecule has 0 aliphatic rings. The number of ether oxygens (including phenoxy) is 3. The van der Waals surface area contributed by atoms with E-state index in [9.17, 15) is 14.4 Å². The highest BCUT2D eigenvalue weighted by molar-refractivity contribution is 5.71. The molecule has 0 saturated carbocycles. The first-order valence-corrected chi connectivity index (χ1v) is 12.5. The number of carbonyl (C=O) groups is 3. The number of esters is 3. The summed E-state index contributed by atoms with van der Waals surface area (Å²) in [7, 11) is 0. The first kappa shape index (κ1) is 29.4. The molecule has 0 N–H and O–H groups in total. The molecule has 0 spiro atoms. The van der Waals surface area contributed by atoms with Gasteiger partial charge >= 0.3 is 17.9 Å². The molecule has 0 fully saturated rings. The second-order valence-corrected chi connectivity index (χ2v) is 8.26. The van der Waals surface area contributed by atoms with E-state index in [0.717, 1.165) is 77.0 Å². The number of carbonyl (C=O) groups excluding carboxylic acids is 3. The van der Waals surface area contributed by atoms with Crippen LogP contribution in [0.1, 0.15) is 124 Å². The molecule has 0 aromatic heterocycles. The van der Waals surface area contributed by atoms with Crippen LogP contribution >= 0.6 is 0 Å². The Bertz CT molecular complexity index is 435. The van der Waals surface area contributed by atoms with E-state index >= 15 is 0 Å².